The Bertz CT molecular complexity index is 517. The molecule has 2 N–H and O–H groups in total. The molecule has 0 saturated carbocycles. The number of unbranched alkanes of at least 4 members (excludes halogenated alkanes) is 3. The van der Waals surface area contributed by atoms with Gasteiger partial charge in [0.25, 0.3) is 0 Å². The summed E-state index contributed by atoms with van der Waals surface area (Å²) in [4.78, 5) is 11.9. The normalized spacial score (nSPS) is 9.86. The second-order valence-electron chi connectivity index (χ2n) is 4.82. The SMILES string of the molecule is CCCCCCC(=O)Nc1ccc(Cl)cc1C#CCCO. The third-order valence-electron chi connectivity index (χ3n) is 2.97. The van der Waals surface area contributed by atoms with Crippen LogP contribution in [0.1, 0.15) is 51.0 Å². The molecule has 4 heteroatoms. The lowest BCUT2D eigenvalue weighted by atomic mass is 10.1. The number of amides is 1. The summed E-state index contributed by atoms with van der Waals surface area (Å²) in [7, 11) is 0. The Morgan fingerprint density at radius 3 is 2.86 bits per heavy atom. The van der Waals surface area contributed by atoms with Crippen LogP contribution in [-0.2, 0) is 4.79 Å². The minimum atomic E-state index is -0.00127. The quantitative estimate of drug-likeness (QED) is 0.591. The predicted molar refractivity (Wildman–Crippen MR) is 87.4 cm³/mol. The molecule has 3 nitrogen and oxygen atoms in total. The van der Waals surface area contributed by atoms with Crippen LogP contribution in [0, 0.1) is 11.8 Å². The van der Waals surface area contributed by atoms with Gasteiger partial charge in [-0.25, -0.2) is 0 Å². The molecule has 0 aliphatic heterocycles. The molecule has 0 bridgehead atoms. The van der Waals surface area contributed by atoms with Gasteiger partial charge in [0.2, 0.25) is 5.91 Å². The smallest absolute Gasteiger partial charge is 0.224 e. The minimum Gasteiger partial charge on any atom is -0.395 e. The summed E-state index contributed by atoms with van der Waals surface area (Å²) in [5.41, 5.74) is 1.35. The van der Waals surface area contributed by atoms with E-state index in [1.165, 1.54) is 0 Å². The largest absolute Gasteiger partial charge is 0.395 e. The second-order valence-corrected chi connectivity index (χ2v) is 5.26. The molecule has 0 unspecified atom stereocenters. The monoisotopic (exact) mass is 307 g/mol. The Labute approximate surface area is 131 Å². The van der Waals surface area contributed by atoms with E-state index in [2.05, 4.69) is 24.1 Å². The fourth-order valence-corrected chi connectivity index (χ4v) is 2.04. The van der Waals surface area contributed by atoms with Crippen molar-refractivity contribution in [1.82, 2.24) is 0 Å². The molecule has 0 radical (unpaired) electrons. The number of aliphatic hydroxyl groups excluding tert-OH is 1. The van der Waals surface area contributed by atoms with E-state index < -0.39 is 0 Å². The van der Waals surface area contributed by atoms with Crippen LogP contribution < -0.4 is 5.32 Å². The molecule has 0 aromatic heterocycles. The first-order chi connectivity index (χ1) is 10.2. The fraction of sp³-hybridized carbons (Fsp3) is 0.471. The molecule has 0 fully saturated rings. The molecule has 1 amide bonds. The third-order valence-corrected chi connectivity index (χ3v) is 3.21. The van der Waals surface area contributed by atoms with Gasteiger partial charge in [0.1, 0.15) is 0 Å². The zero-order chi connectivity index (χ0) is 15.5. The molecule has 0 saturated heterocycles. The Kier molecular flexibility index (Phi) is 8.57. The van der Waals surface area contributed by atoms with Crippen molar-refractivity contribution in [3.8, 4) is 11.8 Å². The molecule has 1 rings (SSSR count). The highest BCUT2D eigenvalue weighted by molar-refractivity contribution is 6.30. The molecule has 1 aromatic rings. The number of benzene rings is 1. The molecular weight excluding hydrogens is 286 g/mol. The van der Waals surface area contributed by atoms with Gasteiger partial charge in [-0.3, -0.25) is 4.79 Å². The van der Waals surface area contributed by atoms with Gasteiger partial charge in [-0.2, -0.15) is 0 Å². The molecule has 114 valence electrons. The van der Waals surface area contributed by atoms with Gasteiger partial charge in [0.15, 0.2) is 0 Å². The number of rotatable bonds is 7. The third kappa shape index (κ3) is 7.17. The average Bonchev–Trinajstić information content (AvgIpc) is 2.47. The van der Waals surface area contributed by atoms with E-state index in [4.69, 9.17) is 16.7 Å². The van der Waals surface area contributed by atoms with E-state index >= 15 is 0 Å². The lowest BCUT2D eigenvalue weighted by Crippen LogP contribution is -2.12. The maximum Gasteiger partial charge on any atom is 0.224 e. The molecule has 0 spiro atoms. The highest BCUT2D eigenvalue weighted by atomic mass is 35.5. The number of nitrogens with one attached hydrogen (secondary N) is 1. The number of hydrogen-bond acceptors (Lipinski definition) is 2. The summed E-state index contributed by atoms with van der Waals surface area (Å²) >= 11 is 5.95. The van der Waals surface area contributed by atoms with Crippen molar-refractivity contribution >= 4 is 23.2 Å². The van der Waals surface area contributed by atoms with Crippen molar-refractivity contribution in [2.75, 3.05) is 11.9 Å². The first kappa shape index (κ1) is 17.6. The first-order valence-electron chi connectivity index (χ1n) is 7.36. The molecule has 0 heterocycles. The van der Waals surface area contributed by atoms with Crippen LogP contribution in [0.4, 0.5) is 5.69 Å². The number of carbonyl (C=O) groups excluding carboxylic acids is 1. The van der Waals surface area contributed by atoms with Gasteiger partial charge < -0.3 is 10.4 Å². The number of halogens is 1. The lowest BCUT2D eigenvalue weighted by Gasteiger charge is -2.08. The fourth-order valence-electron chi connectivity index (χ4n) is 1.87. The zero-order valence-electron chi connectivity index (χ0n) is 12.4. The van der Waals surface area contributed by atoms with E-state index in [1.54, 1.807) is 18.2 Å². The van der Waals surface area contributed by atoms with Gasteiger partial charge in [-0.05, 0) is 24.6 Å². The van der Waals surface area contributed by atoms with Crippen LogP contribution >= 0.6 is 11.6 Å². The summed E-state index contributed by atoms with van der Waals surface area (Å²) in [5.74, 6) is 5.77. The van der Waals surface area contributed by atoms with E-state index in [0.717, 1.165) is 25.7 Å². The molecule has 1 aromatic carbocycles. The van der Waals surface area contributed by atoms with E-state index in [0.29, 0.717) is 29.1 Å². The number of aliphatic hydroxyl groups is 1. The summed E-state index contributed by atoms with van der Waals surface area (Å²) in [6.07, 6.45) is 5.21. The molecule has 21 heavy (non-hydrogen) atoms. The average molecular weight is 308 g/mol. The number of hydrogen-bond donors (Lipinski definition) is 2. The van der Waals surface area contributed by atoms with Crippen LogP contribution in [-0.4, -0.2) is 17.6 Å². The topological polar surface area (TPSA) is 49.3 Å². The van der Waals surface area contributed by atoms with Gasteiger partial charge in [0.05, 0.1) is 12.3 Å². The van der Waals surface area contributed by atoms with Crippen molar-refractivity contribution in [2.24, 2.45) is 0 Å². The van der Waals surface area contributed by atoms with Crippen LogP contribution in [0.3, 0.4) is 0 Å². The first-order valence-corrected chi connectivity index (χ1v) is 7.74. The van der Waals surface area contributed by atoms with Crippen LogP contribution in [0.25, 0.3) is 0 Å². The van der Waals surface area contributed by atoms with Gasteiger partial charge in [0, 0.05) is 23.4 Å². The predicted octanol–water partition coefficient (Wildman–Crippen LogP) is 3.98. The Morgan fingerprint density at radius 1 is 1.33 bits per heavy atom. The molecular formula is C17H22ClNO2. The maximum atomic E-state index is 11.9. The summed E-state index contributed by atoms with van der Waals surface area (Å²) < 4.78 is 0. The van der Waals surface area contributed by atoms with Crippen molar-refractivity contribution in [2.45, 2.75) is 45.4 Å². The van der Waals surface area contributed by atoms with Crippen molar-refractivity contribution in [1.29, 1.82) is 0 Å². The Balaban J connectivity index is 2.65. The second kappa shape index (κ2) is 10.3. The lowest BCUT2D eigenvalue weighted by molar-refractivity contribution is -0.116. The number of anilines is 1. The standard InChI is InChI=1S/C17H22ClNO2/c1-2-3-4-5-9-17(21)19-16-11-10-15(18)13-14(16)8-6-7-12-20/h10-11,13,20H,2-5,7,9,12H2,1H3,(H,19,21). The Hall–Kier alpha value is -1.50. The van der Waals surface area contributed by atoms with Crippen LogP contribution in [0.5, 0.6) is 0 Å². The van der Waals surface area contributed by atoms with Crippen molar-refractivity contribution in [3.63, 3.8) is 0 Å². The van der Waals surface area contributed by atoms with E-state index in [-0.39, 0.29) is 12.5 Å². The van der Waals surface area contributed by atoms with Crippen molar-refractivity contribution < 1.29 is 9.90 Å². The van der Waals surface area contributed by atoms with Crippen LogP contribution in [0.15, 0.2) is 18.2 Å². The summed E-state index contributed by atoms with van der Waals surface area (Å²) in [6.45, 7) is 2.16. The minimum absolute atomic E-state index is 0.00127. The maximum absolute atomic E-state index is 11.9. The van der Waals surface area contributed by atoms with Gasteiger partial charge in [-0.1, -0.05) is 49.6 Å². The van der Waals surface area contributed by atoms with Crippen LogP contribution in [0.2, 0.25) is 5.02 Å². The van der Waals surface area contributed by atoms with Gasteiger partial charge in [-0.15, -0.1) is 0 Å². The van der Waals surface area contributed by atoms with Crippen molar-refractivity contribution in [3.05, 3.63) is 28.8 Å². The highest BCUT2D eigenvalue weighted by Crippen LogP contribution is 2.20. The molecule has 0 aliphatic rings. The molecule has 0 atom stereocenters. The summed E-state index contributed by atoms with van der Waals surface area (Å²) in [6, 6.07) is 5.21. The van der Waals surface area contributed by atoms with E-state index in [1.807, 2.05) is 0 Å². The Morgan fingerprint density at radius 2 is 2.14 bits per heavy atom. The highest BCUT2D eigenvalue weighted by Gasteiger charge is 2.06. The van der Waals surface area contributed by atoms with E-state index in [9.17, 15) is 4.79 Å². The summed E-state index contributed by atoms with van der Waals surface area (Å²) in [5, 5.41) is 12.2. The zero-order valence-corrected chi connectivity index (χ0v) is 13.2. The number of carbonyl (C=O) groups is 1. The van der Waals surface area contributed by atoms with Gasteiger partial charge >= 0.3 is 0 Å². The molecule has 0 aliphatic carbocycles.